The number of hydrogen-bond acceptors (Lipinski definition) is 4. The zero-order valence-corrected chi connectivity index (χ0v) is 9.22. The van der Waals surface area contributed by atoms with E-state index in [4.69, 9.17) is 0 Å². The second-order valence-corrected chi connectivity index (χ2v) is 5.31. The first-order valence-electron chi connectivity index (χ1n) is 4.60. The highest BCUT2D eigenvalue weighted by Gasteiger charge is 2.08. The molecule has 0 amide bonds. The van der Waals surface area contributed by atoms with Crippen LogP contribution < -0.4 is 0 Å². The van der Waals surface area contributed by atoms with Crippen LogP contribution in [-0.2, 0) is 9.59 Å². The molecule has 1 heterocycles. The van der Waals surface area contributed by atoms with Gasteiger partial charge in [-0.3, -0.25) is 9.59 Å². The van der Waals surface area contributed by atoms with Crippen LogP contribution >= 0.6 is 23.5 Å². The normalized spacial score (nSPS) is 22.5. The quantitative estimate of drug-likeness (QED) is 0.625. The average Bonchev–Trinajstić information content (AvgIpc) is 2.14. The molecule has 0 aromatic heterocycles. The van der Waals surface area contributed by atoms with E-state index in [0.29, 0.717) is 12.8 Å². The van der Waals surface area contributed by atoms with E-state index in [9.17, 15) is 9.59 Å². The van der Waals surface area contributed by atoms with Crippen LogP contribution in [0.2, 0.25) is 0 Å². The molecular weight excluding hydrogens is 204 g/mol. The van der Waals surface area contributed by atoms with Gasteiger partial charge in [-0.05, 0) is 12.8 Å². The lowest BCUT2D eigenvalue weighted by molar-refractivity contribution is -0.111. The van der Waals surface area contributed by atoms with E-state index in [0.717, 1.165) is 30.8 Å². The van der Waals surface area contributed by atoms with Crippen LogP contribution in [0.1, 0.15) is 32.1 Å². The van der Waals surface area contributed by atoms with Gasteiger partial charge < -0.3 is 0 Å². The van der Waals surface area contributed by atoms with Gasteiger partial charge in [0.25, 0.3) is 0 Å². The lowest BCUT2D eigenvalue weighted by atomic mass is 10.2. The summed E-state index contributed by atoms with van der Waals surface area (Å²) in [5.41, 5.74) is 0. The minimum atomic E-state index is 0.287. The molecule has 0 atom stereocenters. The number of rotatable bonds is 0. The summed E-state index contributed by atoms with van der Waals surface area (Å²) in [6, 6.07) is 0. The molecule has 74 valence electrons. The van der Waals surface area contributed by atoms with Crippen LogP contribution in [0.15, 0.2) is 0 Å². The monoisotopic (exact) mass is 218 g/mol. The van der Waals surface area contributed by atoms with E-state index in [1.54, 1.807) is 0 Å². The fourth-order valence-electron chi connectivity index (χ4n) is 1.17. The topological polar surface area (TPSA) is 34.1 Å². The van der Waals surface area contributed by atoms with Crippen molar-refractivity contribution in [2.75, 3.05) is 11.5 Å². The van der Waals surface area contributed by atoms with Gasteiger partial charge in [0.15, 0.2) is 10.2 Å². The molecule has 0 bridgehead atoms. The van der Waals surface area contributed by atoms with Crippen LogP contribution in [0.5, 0.6) is 0 Å². The Morgan fingerprint density at radius 1 is 0.769 bits per heavy atom. The highest BCUT2D eigenvalue weighted by molar-refractivity contribution is 8.16. The van der Waals surface area contributed by atoms with Crippen LogP contribution in [-0.4, -0.2) is 21.7 Å². The Balaban J connectivity index is 2.30. The van der Waals surface area contributed by atoms with Crippen molar-refractivity contribution in [2.45, 2.75) is 32.1 Å². The molecule has 0 spiro atoms. The number of thioether (sulfide) groups is 2. The van der Waals surface area contributed by atoms with E-state index < -0.39 is 0 Å². The molecule has 0 unspecified atom stereocenters. The summed E-state index contributed by atoms with van der Waals surface area (Å²) in [6.07, 6.45) is 4.28. The standard InChI is InChI=1S/C9H14O2S2/c10-8-4-2-1-3-5-9(11)13-7-6-12-8/h1-7H2. The van der Waals surface area contributed by atoms with Crippen molar-refractivity contribution in [3.63, 3.8) is 0 Å². The third-order valence-corrected chi connectivity index (χ3v) is 4.00. The number of hydrogen-bond donors (Lipinski definition) is 0. The maximum atomic E-state index is 11.2. The molecule has 0 aromatic rings. The first-order valence-corrected chi connectivity index (χ1v) is 6.57. The average molecular weight is 218 g/mol. The van der Waals surface area contributed by atoms with Gasteiger partial charge in [0.2, 0.25) is 0 Å². The predicted molar refractivity (Wildman–Crippen MR) is 58.0 cm³/mol. The molecule has 1 aliphatic heterocycles. The predicted octanol–water partition coefficient (Wildman–Crippen LogP) is 2.47. The van der Waals surface area contributed by atoms with Crippen molar-refractivity contribution in [2.24, 2.45) is 0 Å². The Hall–Kier alpha value is 0.0400. The van der Waals surface area contributed by atoms with Crippen LogP contribution in [0.4, 0.5) is 0 Å². The van der Waals surface area contributed by atoms with E-state index in [-0.39, 0.29) is 10.2 Å². The van der Waals surface area contributed by atoms with Gasteiger partial charge in [0.05, 0.1) is 0 Å². The fraction of sp³-hybridized carbons (Fsp3) is 0.778. The largest absolute Gasteiger partial charge is 0.287 e. The molecule has 1 aliphatic rings. The Morgan fingerprint density at radius 3 is 1.69 bits per heavy atom. The first-order chi connectivity index (χ1) is 6.29. The molecule has 0 aliphatic carbocycles. The minimum absolute atomic E-state index is 0.287. The van der Waals surface area contributed by atoms with Crippen molar-refractivity contribution in [3.05, 3.63) is 0 Å². The van der Waals surface area contributed by atoms with E-state index in [1.807, 2.05) is 0 Å². The van der Waals surface area contributed by atoms with Crippen LogP contribution in [0.3, 0.4) is 0 Å². The molecule has 1 rings (SSSR count). The Labute approximate surface area is 87.2 Å². The van der Waals surface area contributed by atoms with Gasteiger partial charge >= 0.3 is 0 Å². The highest BCUT2D eigenvalue weighted by Crippen LogP contribution is 2.17. The first kappa shape index (κ1) is 11.1. The molecule has 0 saturated carbocycles. The van der Waals surface area contributed by atoms with E-state index >= 15 is 0 Å². The third-order valence-electron chi connectivity index (χ3n) is 1.87. The second kappa shape index (κ2) is 6.49. The lowest BCUT2D eigenvalue weighted by Crippen LogP contribution is -1.95. The summed E-state index contributed by atoms with van der Waals surface area (Å²) >= 11 is 2.75. The van der Waals surface area contributed by atoms with E-state index in [2.05, 4.69) is 0 Å². The van der Waals surface area contributed by atoms with Crippen LogP contribution in [0.25, 0.3) is 0 Å². The van der Waals surface area contributed by atoms with Gasteiger partial charge in [0.1, 0.15) is 0 Å². The van der Waals surface area contributed by atoms with Crippen LogP contribution in [0, 0.1) is 0 Å². The van der Waals surface area contributed by atoms with Gasteiger partial charge in [-0.1, -0.05) is 29.9 Å². The highest BCUT2D eigenvalue weighted by atomic mass is 32.2. The van der Waals surface area contributed by atoms with Crippen molar-refractivity contribution in [3.8, 4) is 0 Å². The summed E-state index contributed by atoms with van der Waals surface area (Å²) in [6.45, 7) is 0. The molecule has 4 heteroatoms. The van der Waals surface area contributed by atoms with Crippen molar-refractivity contribution < 1.29 is 9.59 Å². The van der Waals surface area contributed by atoms with Crippen molar-refractivity contribution in [1.29, 1.82) is 0 Å². The molecule has 0 aromatic carbocycles. The molecule has 2 nitrogen and oxygen atoms in total. The van der Waals surface area contributed by atoms with Crippen molar-refractivity contribution in [1.82, 2.24) is 0 Å². The SMILES string of the molecule is O=C1CCCCCC(=O)SCCS1. The van der Waals surface area contributed by atoms with Gasteiger partial charge in [-0.15, -0.1) is 0 Å². The number of carbonyl (C=O) groups is 2. The minimum Gasteiger partial charge on any atom is -0.287 e. The van der Waals surface area contributed by atoms with Gasteiger partial charge in [0, 0.05) is 24.3 Å². The molecule has 0 radical (unpaired) electrons. The lowest BCUT2D eigenvalue weighted by Gasteiger charge is -1.96. The molecule has 13 heavy (non-hydrogen) atoms. The Bertz CT molecular complexity index is 172. The summed E-state index contributed by atoms with van der Waals surface area (Å²) < 4.78 is 0. The summed E-state index contributed by atoms with van der Waals surface area (Å²) in [5.74, 6) is 1.57. The van der Waals surface area contributed by atoms with Crippen molar-refractivity contribution >= 4 is 33.8 Å². The van der Waals surface area contributed by atoms with E-state index in [1.165, 1.54) is 23.5 Å². The zero-order valence-electron chi connectivity index (χ0n) is 7.58. The third kappa shape index (κ3) is 5.37. The maximum absolute atomic E-state index is 11.2. The molecule has 1 fully saturated rings. The summed E-state index contributed by atoms with van der Waals surface area (Å²) in [4.78, 5) is 22.3. The number of carbonyl (C=O) groups excluding carboxylic acids is 2. The molecular formula is C9H14O2S2. The summed E-state index contributed by atoms with van der Waals surface area (Å²) in [5, 5.41) is 0.574. The Morgan fingerprint density at radius 2 is 1.23 bits per heavy atom. The summed E-state index contributed by atoms with van der Waals surface area (Å²) in [7, 11) is 0. The molecule has 0 N–H and O–H groups in total. The maximum Gasteiger partial charge on any atom is 0.188 e. The zero-order chi connectivity index (χ0) is 9.52. The molecule has 1 saturated heterocycles. The second-order valence-electron chi connectivity index (χ2n) is 3.00. The fourth-order valence-corrected chi connectivity index (χ4v) is 2.87. The smallest absolute Gasteiger partial charge is 0.188 e. The van der Waals surface area contributed by atoms with Gasteiger partial charge in [-0.25, -0.2) is 0 Å². The van der Waals surface area contributed by atoms with Gasteiger partial charge in [-0.2, -0.15) is 0 Å². The Kier molecular flexibility index (Phi) is 5.55.